The lowest BCUT2D eigenvalue weighted by atomic mass is 10.0. The van der Waals surface area contributed by atoms with E-state index in [9.17, 15) is 0 Å². The number of rotatable bonds is 8. The summed E-state index contributed by atoms with van der Waals surface area (Å²) in [6.45, 7) is 7.35. The summed E-state index contributed by atoms with van der Waals surface area (Å²) >= 11 is 0. The highest BCUT2D eigenvalue weighted by Gasteiger charge is 2.08. The average molecular weight is 434 g/mol. The Balaban J connectivity index is 0.00000484. The predicted molar refractivity (Wildman–Crippen MR) is 108 cm³/mol. The number of hydrogen-bond donors (Lipinski definition) is 2. The Kier molecular flexibility index (Phi) is 11.8. The number of pyridine rings is 1. The molecule has 0 radical (unpaired) electrons. The molecule has 1 aromatic rings. The molecule has 0 fully saturated rings. The van der Waals surface area contributed by atoms with E-state index in [2.05, 4.69) is 41.4 Å². The normalized spacial score (nSPS) is 12.5. The van der Waals surface area contributed by atoms with Gasteiger partial charge in [0.1, 0.15) is 0 Å². The number of aromatic nitrogens is 1. The fourth-order valence-corrected chi connectivity index (χ4v) is 2.25. The second-order valence-electron chi connectivity index (χ2n) is 5.97. The molecule has 0 aromatic carbocycles. The lowest BCUT2D eigenvalue weighted by molar-refractivity contribution is 0.392. The van der Waals surface area contributed by atoms with Crippen molar-refractivity contribution < 1.29 is 4.74 Å². The third kappa shape index (κ3) is 8.98. The molecule has 0 saturated carbocycles. The van der Waals surface area contributed by atoms with Crippen molar-refractivity contribution >= 4 is 29.9 Å². The van der Waals surface area contributed by atoms with Crippen molar-refractivity contribution in [3.05, 3.63) is 23.9 Å². The molecule has 23 heavy (non-hydrogen) atoms. The molecule has 132 valence electrons. The molecule has 0 aliphatic carbocycles. The lowest BCUT2D eigenvalue weighted by Crippen LogP contribution is -2.41. The number of guanidine groups is 1. The Hall–Kier alpha value is -1.05. The van der Waals surface area contributed by atoms with E-state index in [0.717, 1.165) is 23.9 Å². The van der Waals surface area contributed by atoms with Gasteiger partial charge >= 0.3 is 0 Å². The van der Waals surface area contributed by atoms with Gasteiger partial charge in [-0.25, -0.2) is 4.98 Å². The molecule has 1 atom stereocenters. The zero-order valence-electron chi connectivity index (χ0n) is 14.9. The molecule has 1 heterocycles. The van der Waals surface area contributed by atoms with Crippen LogP contribution in [0, 0.1) is 5.92 Å². The van der Waals surface area contributed by atoms with Gasteiger partial charge in [-0.1, -0.05) is 32.8 Å². The van der Waals surface area contributed by atoms with Crippen molar-refractivity contribution in [3.63, 3.8) is 0 Å². The maximum Gasteiger partial charge on any atom is 0.218 e. The first kappa shape index (κ1) is 21.9. The number of ether oxygens (including phenoxy) is 1. The van der Waals surface area contributed by atoms with Crippen LogP contribution in [0.3, 0.4) is 0 Å². The average Bonchev–Trinajstić information content (AvgIpc) is 2.51. The van der Waals surface area contributed by atoms with E-state index in [0.29, 0.717) is 18.5 Å². The summed E-state index contributed by atoms with van der Waals surface area (Å²) in [5.74, 6) is 2.22. The second-order valence-corrected chi connectivity index (χ2v) is 5.97. The van der Waals surface area contributed by atoms with E-state index in [1.165, 1.54) is 12.8 Å². The van der Waals surface area contributed by atoms with Crippen LogP contribution in [0.15, 0.2) is 23.3 Å². The molecule has 1 unspecified atom stereocenters. The van der Waals surface area contributed by atoms with Gasteiger partial charge in [0.05, 0.1) is 7.11 Å². The summed E-state index contributed by atoms with van der Waals surface area (Å²) < 4.78 is 5.26. The summed E-state index contributed by atoms with van der Waals surface area (Å²) in [5, 5.41) is 6.74. The van der Waals surface area contributed by atoms with Crippen molar-refractivity contribution in [2.45, 2.75) is 52.6 Å². The maximum absolute atomic E-state index is 5.26. The summed E-state index contributed by atoms with van der Waals surface area (Å²) in [6.07, 6.45) is 5.38. The molecule has 2 N–H and O–H groups in total. The highest BCUT2D eigenvalue weighted by atomic mass is 127. The van der Waals surface area contributed by atoms with Crippen LogP contribution in [0.25, 0.3) is 0 Å². The zero-order chi connectivity index (χ0) is 16.4. The van der Waals surface area contributed by atoms with Crippen LogP contribution in [0.5, 0.6) is 5.88 Å². The van der Waals surface area contributed by atoms with E-state index in [4.69, 9.17) is 4.74 Å². The molecule has 1 aromatic heterocycles. The van der Waals surface area contributed by atoms with Crippen LogP contribution >= 0.6 is 24.0 Å². The third-order valence-corrected chi connectivity index (χ3v) is 3.51. The van der Waals surface area contributed by atoms with Gasteiger partial charge in [-0.15, -0.1) is 24.0 Å². The maximum atomic E-state index is 5.26. The van der Waals surface area contributed by atoms with Gasteiger partial charge in [-0.3, -0.25) is 4.99 Å². The largest absolute Gasteiger partial charge is 0.481 e. The van der Waals surface area contributed by atoms with Crippen molar-refractivity contribution in [1.29, 1.82) is 0 Å². The molecule has 0 saturated heterocycles. The number of nitrogens with zero attached hydrogens (tertiary/aromatic N) is 2. The Bertz CT molecular complexity index is 466. The van der Waals surface area contributed by atoms with E-state index in [1.807, 2.05) is 12.1 Å². The molecule has 0 aliphatic heterocycles. The minimum absolute atomic E-state index is 0. The van der Waals surface area contributed by atoms with Crippen LogP contribution in [-0.2, 0) is 6.54 Å². The molecule has 1 rings (SSSR count). The standard InChI is InChI=1S/C17H30N4O.HI/c1-13(2)8-6-9-14(3)21-17(18-4)20-12-15-10-7-11-19-16(15)22-5;/h7,10-11,13-14H,6,8-9,12H2,1-5H3,(H2,18,20,21);1H. The Morgan fingerprint density at radius 3 is 2.65 bits per heavy atom. The highest BCUT2D eigenvalue weighted by molar-refractivity contribution is 14.0. The van der Waals surface area contributed by atoms with Gasteiger partial charge < -0.3 is 15.4 Å². The molecule has 0 aliphatic rings. The van der Waals surface area contributed by atoms with Gasteiger partial charge in [-0.2, -0.15) is 0 Å². The highest BCUT2D eigenvalue weighted by Crippen LogP contribution is 2.12. The van der Waals surface area contributed by atoms with Crippen LogP contribution < -0.4 is 15.4 Å². The van der Waals surface area contributed by atoms with Crippen molar-refractivity contribution in [1.82, 2.24) is 15.6 Å². The zero-order valence-corrected chi connectivity index (χ0v) is 17.3. The summed E-state index contributed by atoms with van der Waals surface area (Å²) in [7, 11) is 3.42. The first-order valence-electron chi connectivity index (χ1n) is 8.01. The van der Waals surface area contributed by atoms with E-state index in [1.54, 1.807) is 20.4 Å². The SMILES string of the molecule is CN=C(NCc1cccnc1OC)NC(C)CCCC(C)C.I. The van der Waals surface area contributed by atoms with E-state index in [-0.39, 0.29) is 24.0 Å². The predicted octanol–water partition coefficient (Wildman–Crippen LogP) is 3.59. The molecule has 0 bridgehead atoms. The third-order valence-electron chi connectivity index (χ3n) is 3.51. The first-order chi connectivity index (χ1) is 10.6. The monoisotopic (exact) mass is 434 g/mol. The first-order valence-corrected chi connectivity index (χ1v) is 8.01. The Morgan fingerprint density at radius 2 is 2.04 bits per heavy atom. The van der Waals surface area contributed by atoms with Gasteiger partial charge in [0.2, 0.25) is 5.88 Å². The fourth-order valence-electron chi connectivity index (χ4n) is 2.25. The van der Waals surface area contributed by atoms with Crippen molar-refractivity contribution in [2.24, 2.45) is 10.9 Å². The van der Waals surface area contributed by atoms with Gasteiger partial charge in [0, 0.05) is 31.4 Å². The minimum atomic E-state index is 0. The Morgan fingerprint density at radius 1 is 1.30 bits per heavy atom. The smallest absolute Gasteiger partial charge is 0.218 e. The number of hydrogen-bond acceptors (Lipinski definition) is 3. The summed E-state index contributed by atoms with van der Waals surface area (Å²) in [5.41, 5.74) is 1.01. The van der Waals surface area contributed by atoms with Crippen LogP contribution in [0.1, 0.15) is 45.6 Å². The molecular formula is C17H31IN4O. The van der Waals surface area contributed by atoms with Crippen molar-refractivity contribution in [2.75, 3.05) is 14.2 Å². The lowest BCUT2D eigenvalue weighted by Gasteiger charge is -2.18. The molecule has 6 heteroatoms. The molecule has 0 spiro atoms. The number of nitrogens with one attached hydrogen (secondary N) is 2. The molecule has 5 nitrogen and oxygen atoms in total. The molecular weight excluding hydrogens is 403 g/mol. The number of halogens is 1. The van der Waals surface area contributed by atoms with Gasteiger partial charge in [0.25, 0.3) is 0 Å². The second kappa shape index (κ2) is 12.4. The number of aliphatic imine (C=N–C) groups is 1. The quantitative estimate of drug-likeness (QED) is 0.373. The van der Waals surface area contributed by atoms with E-state index >= 15 is 0 Å². The summed E-state index contributed by atoms with van der Waals surface area (Å²) in [6, 6.07) is 4.31. The fraction of sp³-hybridized carbons (Fsp3) is 0.647. The van der Waals surface area contributed by atoms with Crippen LogP contribution in [-0.4, -0.2) is 31.1 Å². The van der Waals surface area contributed by atoms with Gasteiger partial charge in [0.15, 0.2) is 5.96 Å². The van der Waals surface area contributed by atoms with Gasteiger partial charge in [-0.05, 0) is 25.3 Å². The summed E-state index contributed by atoms with van der Waals surface area (Å²) in [4.78, 5) is 8.47. The number of methoxy groups -OCH3 is 1. The Labute approximate surface area is 157 Å². The molecule has 0 amide bonds. The van der Waals surface area contributed by atoms with Crippen molar-refractivity contribution in [3.8, 4) is 5.88 Å². The van der Waals surface area contributed by atoms with E-state index < -0.39 is 0 Å². The topological polar surface area (TPSA) is 58.5 Å². The van der Waals surface area contributed by atoms with Crippen LogP contribution in [0.4, 0.5) is 0 Å². The minimum Gasteiger partial charge on any atom is -0.481 e. The van der Waals surface area contributed by atoms with Crippen LogP contribution in [0.2, 0.25) is 0 Å².